The van der Waals surface area contributed by atoms with Gasteiger partial charge in [-0.2, -0.15) is 0 Å². The first-order valence-corrected chi connectivity index (χ1v) is 1.93. The van der Waals surface area contributed by atoms with Crippen molar-refractivity contribution in [3.8, 4) is 0 Å². The second-order valence-electron chi connectivity index (χ2n) is 0.879. The molecule has 7 heavy (non-hydrogen) atoms. The van der Waals surface area contributed by atoms with Gasteiger partial charge < -0.3 is 11.5 Å². The molecule has 0 aliphatic carbocycles. The van der Waals surface area contributed by atoms with Gasteiger partial charge in [0.1, 0.15) is 5.03 Å². The van der Waals surface area contributed by atoms with E-state index < -0.39 is 5.91 Å². The third-order valence-corrected chi connectivity index (χ3v) is 0.694. The van der Waals surface area contributed by atoms with Crippen molar-refractivity contribution in [2.75, 3.05) is 0 Å². The minimum Gasteiger partial charge on any atom is -0.403 e. The van der Waals surface area contributed by atoms with E-state index in [-0.39, 0.29) is 5.03 Å². The zero-order valence-electron chi connectivity index (χ0n) is 3.52. The van der Waals surface area contributed by atoms with Crippen LogP contribution in [0.3, 0.4) is 0 Å². The molecule has 0 heterocycles. The number of hydrogen-bond donors (Lipinski definition) is 2. The number of amides is 1. The summed E-state index contributed by atoms with van der Waals surface area (Å²) in [6.07, 6.45) is 0.948. The molecule has 0 fully saturated rings. The number of hydrogen-bond acceptors (Lipinski definition) is 2. The van der Waals surface area contributed by atoms with E-state index in [0.717, 1.165) is 6.20 Å². The van der Waals surface area contributed by atoms with Crippen molar-refractivity contribution in [2.24, 2.45) is 11.5 Å². The van der Waals surface area contributed by atoms with Crippen molar-refractivity contribution in [1.29, 1.82) is 0 Å². The first-order chi connectivity index (χ1) is 3.18. The number of nitrogens with two attached hydrogens (primary N) is 2. The zero-order chi connectivity index (χ0) is 5.86. The van der Waals surface area contributed by atoms with E-state index in [9.17, 15) is 4.79 Å². The first-order valence-electron chi connectivity index (χ1n) is 1.55. The smallest absolute Gasteiger partial charge is 0.261 e. The van der Waals surface area contributed by atoms with Crippen molar-refractivity contribution >= 4 is 17.5 Å². The summed E-state index contributed by atoms with van der Waals surface area (Å²) in [5.41, 5.74) is 9.41. The van der Waals surface area contributed by atoms with Gasteiger partial charge in [-0.3, -0.25) is 4.79 Å². The lowest BCUT2D eigenvalue weighted by molar-refractivity contribution is -0.114. The molecule has 0 bridgehead atoms. The third-order valence-electron chi connectivity index (χ3n) is 0.382. The van der Waals surface area contributed by atoms with Crippen molar-refractivity contribution in [1.82, 2.24) is 0 Å². The summed E-state index contributed by atoms with van der Waals surface area (Å²) in [5.74, 6) is -0.704. The third kappa shape index (κ3) is 2.05. The van der Waals surface area contributed by atoms with Crippen molar-refractivity contribution in [3.05, 3.63) is 11.2 Å². The molecule has 4 heteroatoms. The van der Waals surface area contributed by atoms with Crippen LogP contribution < -0.4 is 11.5 Å². The highest BCUT2D eigenvalue weighted by molar-refractivity contribution is 6.41. The number of carbonyl (C=O) groups is 1. The molecular weight excluding hydrogens is 115 g/mol. The van der Waals surface area contributed by atoms with Crippen LogP contribution in [0.5, 0.6) is 0 Å². The maximum Gasteiger partial charge on any atom is 0.261 e. The van der Waals surface area contributed by atoms with Crippen molar-refractivity contribution in [2.45, 2.75) is 0 Å². The van der Waals surface area contributed by atoms with E-state index in [1.54, 1.807) is 0 Å². The minimum absolute atomic E-state index is 0.139. The molecule has 40 valence electrons. The van der Waals surface area contributed by atoms with E-state index >= 15 is 0 Å². The second kappa shape index (κ2) is 2.47. The predicted molar refractivity (Wildman–Crippen MR) is 27.3 cm³/mol. The van der Waals surface area contributed by atoms with Gasteiger partial charge in [-0.15, -0.1) is 0 Å². The molecule has 0 radical (unpaired) electrons. The summed E-state index contributed by atoms with van der Waals surface area (Å²) >= 11 is 5.06. The van der Waals surface area contributed by atoms with Gasteiger partial charge in [0, 0.05) is 6.20 Å². The van der Waals surface area contributed by atoms with Crippen molar-refractivity contribution < 1.29 is 4.79 Å². The van der Waals surface area contributed by atoms with Gasteiger partial charge in [-0.25, -0.2) is 0 Å². The van der Waals surface area contributed by atoms with Crippen LogP contribution in [0.1, 0.15) is 0 Å². The summed E-state index contributed by atoms with van der Waals surface area (Å²) in [5, 5.41) is -0.139. The molecule has 4 N–H and O–H groups in total. The Labute approximate surface area is 45.9 Å². The van der Waals surface area contributed by atoms with Crippen LogP contribution in [-0.2, 0) is 4.79 Å². The lowest BCUT2D eigenvalue weighted by Crippen LogP contribution is -2.11. The average Bonchev–Trinajstić information content (AvgIpc) is 1.65. The molecule has 0 unspecified atom stereocenters. The molecule has 0 atom stereocenters. The van der Waals surface area contributed by atoms with Gasteiger partial charge >= 0.3 is 0 Å². The lowest BCUT2D eigenvalue weighted by atomic mass is 10.6. The highest BCUT2D eigenvalue weighted by atomic mass is 35.5. The van der Waals surface area contributed by atoms with Crippen LogP contribution in [0.15, 0.2) is 11.2 Å². The van der Waals surface area contributed by atoms with Gasteiger partial charge in [0.05, 0.1) is 0 Å². The molecule has 0 aromatic heterocycles. The molecule has 0 spiro atoms. The molecule has 0 rings (SSSR count). The first kappa shape index (κ1) is 6.30. The molecule has 0 aromatic carbocycles. The molecule has 0 aliphatic rings. The molecule has 0 saturated carbocycles. The number of primary amides is 1. The Morgan fingerprint density at radius 3 is 2.14 bits per heavy atom. The van der Waals surface area contributed by atoms with Gasteiger partial charge in [0.2, 0.25) is 0 Å². The van der Waals surface area contributed by atoms with Gasteiger partial charge in [0.25, 0.3) is 5.91 Å². The van der Waals surface area contributed by atoms with Crippen LogP contribution in [0.2, 0.25) is 0 Å². The van der Waals surface area contributed by atoms with Crippen molar-refractivity contribution in [3.63, 3.8) is 0 Å². The fourth-order valence-electron chi connectivity index (χ4n) is 0.0821. The highest BCUT2D eigenvalue weighted by Crippen LogP contribution is 1.93. The Kier molecular flexibility index (Phi) is 2.22. The summed E-state index contributed by atoms with van der Waals surface area (Å²) < 4.78 is 0. The van der Waals surface area contributed by atoms with E-state index in [2.05, 4.69) is 5.73 Å². The largest absolute Gasteiger partial charge is 0.403 e. The number of halogens is 1. The van der Waals surface area contributed by atoms with E-state index in [4.69, 9.17) is 17.3 Å². The zero-order valence-corrected chi connectivity index (χ0v) is 4.27. The van der Waals surface area contributed by atoms with E-state index in [1.807, 2.05) is 0 Å². The monoisotopic (exact) mass is 120 g/mol. The maximum absolute atomic E-state index is 9.87. The van der Waals surface area contributed by atoms with Gasteiger partial charge in [-0.05, 0) is 0 Å². The summed E-state index contributed by atoms with van der Waals surface area (Å²) in [4.78, 5) is 9.87. The molecule has 0 aromatic rings. The van der Waals surface area contributed by atoms with Crippen LogP contribution in [0.25, 0.3) is 0 Å². The molecule has 0 saturated heterocycles. The van der Waals surface area contributed by atoms with Gasteiger partial charge in [0.15, 0.2) is 0 Å². The van der Waals surface area contributed by atoms with Crippen LogP contribution in [0, 0.1) is 0 Å². The Balaban J connectivity index is 3.82. The highest BCUT2D eigenvalue weighted by Gasteiger charge is 1.94. The Hall–Kier alpha value is -0.700. The summed E-state index contributed by atoms with van der Waals surface area (Å²) in [7, 11) is 0. The Morgan fingerprint density at radius 2 is 2.14 bits per heavy atom. The standard InChI is InChI=1S/C3H5ClN2O/c4-2(1-5)3(6)7/h1H,5H2,(H2,6,7)/b2-1+. The van der Waals surface area contributed by atoms with E-state index in [1.165, 1.54) is 0 Å². The topological polar surface area (TPSA) is 69.1 Å². The van der Waals surface area contributed by atoms with Crippen LogP contribution >= 0.6 is 11.6 Å². The van der Waals surface area contributed by atoms with Gasteiger partial charge in [-0.1, -0.05) is 11.6 Å². The number of rotatable bonds is 1. The lowest BCUT2D eigenvalue weighted by Gasteiger charge is -1.82. The van der Waals surface area contributed by atoms with E-state index in [0.29, 0.717) is 0 Å². The van der Waals surface area contributed by atoms with Crippen LogP contribution in [0.4, 0.5) is 0 Å². The Morgan fingerprint density at radius 1 is 1.71 bits per heavy atom. The fraction of sp³-hybridized carbons (Fsp3) is 0. The molecule has 1 amide bonds. The number of carbonyl (C=O) groups excluding carboxylic acids is 1. The second-order valence-corrected chi connectivity index (χ2v) is 1.29. The molecule has 3 nitrogen and oxygen atoms in total. The Bertz CT molecular complexity index is 110. The normalized spacial score (nSPS) is 11.3. The molecule has 0 aliphatic heterocycles. The summed E-state index contributed by atoms with van der Waals surface area (Å²) in [6, 6.07) is 0. The maximum atomic E-state index is 9.87. The molecular formula is C3H5ClN2O. The summed E-state index contributed by atoms with van der Waals surface area (Å²) in [6.45, 7) is 0. The average molecular weight is 121 g/mol. The predicted octanol–water partition coefficient (Wildman–Crippen LogP) is -0.489. The SMILES string of the molecule is N/C=C(/Cl)C(N)=O. The minimum atomic E-state index is -0.704. The van der Waals surface area contributed by atoms with Crippen LogP contribution in [-0.4, -0.2) is 5.91 Å². The fourth-order valence-corrected chi connectivity index (χ4v) is 0.0821. The quantitative estimate of drug-likeness (QED) is 0.459.